The number of fused-ring (bicyclic) bond motifs is 1. The summed E-state index contributed by atoms with van der Waals surface area (Å²) in [6.45, 7) is 0.288. The predicted octanol–water partition coefficient (Wildman–Crippen LogP) is 0.573. The van der Waals surface area contributed by atoms with Gasteiger partial charge in [0.05, 0.1) is 5.75 Å². The maximum Gasteiger partial charge on any atom is 0.326 e. The van der Waals surface area contributed by atoms with E-state index < -0.39 is 21.8 Å². The van der Waals surface area contributed by atoms with Gasteiger partial charge in [0.25, 0.3) is 5.91 Å². The molecule has 0 fully saturated rings. The van der Waals surface area contributed by atoms with Gasteiger partial charge in [0.2, 0.25) is 0 Å². The van der Waals surface area contributed by atoms with Crippen LogP contribution >= 0.6 is 0 Å². The van der Waals surface area contributed by atoms with E-state index in [9.17, 15) is 23.1 Å². The smallest absolute Gasteiger partial charge is 0.326 e. The van der Waals surface area contributed by atoms with Crippen LogP contribution in [0.3, 0.4) is 0 Å². The lowest BCUT2D eigenvalue weighted by Crippen LogP contribution is -2.49. The second-order valence-corrected chi connectivity index (χ2v) is 7.44. The SMILES string of the molecule is CS(=O)(=O)CCC(C(=O)O)N1CCc2ccccc2C1=O. The van der Waals surface area contributed by atoms with Crippen molar-refractivity contribution in [1.29, 1.82) is 0 Å². The van der Waals surface area contributed by atoms with Gasteiger partial charge in [-0.1, -0.05) is 18.2 Å². The van der Waals surface area contributed by atoms with E-state index in [4.69, 9.17) is 0 Å². The van der Waals surface area contributed by atoms with Crippen molar-refractivity contribution in [3.8, 4) is 0 Å². The first kappa shape index (κ1) is 15.5. The van der Waals surface area contributed by atoms with Crippen molar-refractivity contribution < 1.29 is 23.1 Å². The van der Waals surface area contributed by atoms with Crippen molar-refractivity contribution in [2.24, 2.45) is 0 Å². The van der Waals surface area contributed by atoms with E-state index in [-0.39, 0.29) is 24.6 Å². The van der Waals surface area contributed by atoms with E-state index in [2.05, 4.69) is 0 Å². The lowest BCUT2D eigenvalue weighted by molar-refractivity contribution is -0.142. The van der Waals surface area contributed by atoms with Crippen LogP contribution in [0.15, 0.2) is 24.3 Å². The fourth-order valence-corrected chi connectivity index (χ4v) is 3.13. The average molecular weight is 311 g/mol. The van der Waals surface area contributed by atoms with E-state index in [1.807, 2.05) is 12.1 Å². The highest BCUT2D eigenvalue weighted by Gasteiger charge is 2.34. The third kappa shape index (κ3) is 3.60. The van der Waals surface area contributed by atoms with Crippen molar-refractivity contribution in [3.63, 3.8) is 0 Å². The second-order valence-electron chi connectivity index (χ2n) is 5.18. The first-order valence-electron chi connectivity index (χ1n) is 6.59. The van der Waals surface area contributed by atoms with Crippen LogP contribution in [0.4, 0.5) is 0 Å². The number of hydrogen-bond acceptors (Lipinski definition) is 4. The standard InChI is InChI=1S/C14H17NO5S/c1-21(19,20)9-7-12(14(17)18)15-8-6-10-4-2-3-5-11(10)13(15)16/h2-5,12H,6-9H2,1H3,(H,17,18). The van der Waals surface area contributed by atoms with Crippen molar-refractivity contribution in [2.45, 2.75) is 18.9 Å². The van der Waals surface area contributed by atoms with E-state index in [1.54, 1.807) is 12.1 Å². The molecule has 1 aliphatic heterocycles. The third-order valence-corrected chi connectivity index (χ3v) is 4.53. The van der Waals surface area contributed by atoms with Crippen LogP contribution in [0.2, 0.25) is 0 Å². The minimum atomic E-state index is -3.27. The minimum Gasteiger partial charge on any atom is -0.480 e. The van der Waals surface area contributed by atoms with Crippen LogP contribution in [-0.4, -0.2) is 54.9 Å². The Bertz CT molecular complexity index is 668. The van der Waals surface area contributed by atoms with Crippen LogP contribution in [0.1, 0.15) is 22.3 Å². The molecule has 0 saturated heterocycles. The summed E-state index contributed by atoms with van der Waals surface area (Å²) in [5, 5.41) is 9.30. The molecule has 1 aromatic carbocycles. The highest BCUT2D eigenvalue weighted by molar-refractivity contribution is 7.90. The van der Waals surface area contributed by atoms with Crippen LogP contribution in [0.25, 0.3) is 0 Å². The fourth-order valence-electron chi connectivity index (χ4n) is 2.48. The summed E-state index contributed by atoms with van der Waals surface area (Å²) in [5.41, 5.74) is 1.39. The predicted molar refractivity (Wildman–Crippen MR) is 76.9 cm³/mol. The maximum atomic E-state index is 12.4. The summed E-state index contributed by atoms with van der Waals surface area (Å²) in [6, 6.07) is 5.96. The van der Waals surface area contributed by atoms with Crippen LogP contribution in [0, 0.1) is 0 Å². The van der Waals surface area contributed by atoms with E-state index in [0.29, 0.717) is 12.0 Å². The van der Waals surface area contributed by atoms with Gasteiger partial charge in [-0.05, 0) is 24.5 Å². The molecule has 1 aromatic rings. The molecule has 1 unspecified atom stereocenters. The number of benzene rings is 1. The molecule has 6 nitrogen and oxygen atoms in total. The molecule has 21 heavy (non-hydrogen) atoms. The number of hydrogen-bond donors (Lipinski definition) is 1. The summed E-state index contributed by atoms with van der Waals surface area (Å²) >= 11 is 0. The number of carbonyl (C=O) groups excluding carboxylic acids is 1. The zero-order valence-electron chi connectivity index (χ0n) is 11.7. The molecule has 0 aromatic heterocycles. The molecule has 0 bridgehead atoms. The fraction of sp³-hybridized carbons (Fsp3) is 0.429. The van der Waals surface area contributed by atoms with Gasteiger partial charge >= 0.3 is 5.97 Å². The van der Waals surface area contributed by atoms with Gasteiger partial charge in [-0.2, -0.15) is 0 Å². The van der Waals surface area contributed by atoms with Crippen LogP contribution in [0.5, 0.6) is 0 Å². The van der Waals surface area contributed by atoms with Crippen LogP contribution in [-0.2, 0) is 21.1 Å². The average Bonchev–Trinajstić information content (AvgIpc) is 2.40. The Kier molecular flexibility index (Phi) is 4.32. The van der Waals surface area contributed by atoms with Crippen molar-refractivity contribution >= 4 is 21.7 Å². The molecule has 1 atom stereocenters. The molecule has 1 heterocycles. The normalized spacial score (nSPS) is 16.4. The molecule has 114 valence electrons. The van der Waals surface area contributed by atoms with Crippen molar-refractivity contribution in [2.75, 3.05) is 18.6 Å². The number of carboxylic acid groups (broad SMARTS) is 1. The minimum absolute atomic E-state index is 0.0952. The molecule has 0 spiro atoms. The quantitative estimate of drug-likeness (QED) is 0.858. The number of carboxylic acids is 1. The summed E-state index contributed by atoms with van der Waals surface area (Å²) in [5.74, 6) is -1.78. The number of rotatable bonds is 5. The Morgan fingerprint density at radius 1 is 1.38 bits per heavy atom. The van der Waals surface area contributed by atoms with Gasteiger partial charge in [-0.15, -0.1) is 0 Å². The number of aliphatic carboxylic acids is 1. The molecular formula is C14H17NO5S. The van der Waals surface area contributed by atoms with E-state index >= 15 is 0 Å². The third-order valence-electron chi connectivity index (χ3n) is 3.55. The lowest BCUT2D eigenvalue weighted by atomic mass is 9.97. The molecule has 0 saturated carbocycles. The topological polar surface area (TPSA) is 91.8 Å². The van der Waals surface area contributed by atoms with Gasteiger partial charge in [0.15, 0.2) is 0 Å². The Hall–Kier alpha value is -1.89. The number of sulfone groups is 1. The highest BCUT2D eigenvalue weighted by Crippen LogP contribution is 2.21. The Labute approximate surface area is 123 Å². The Morgan fingerprint density at radius 2 is 2.05 bits per heavy atom. The Morgan fingerprint density at radius 3 is 2.67 bits per heavy atom. The van der Waals surface area contributed by atoms with E-state index in [1.165, 1.54) is 4.90 Å². The largest absolute Gasteiger partial charge is 0.480 e. The first-order chi connectivity index (χ1) is 9.79. The zero-order valence-corrected chi connectivity index (χ0v) is 12.5. The Balaban J connectivity index is 2.23. The molecule has 0 aliphatic carbocycles. The summed E-state index contributed by atoms with van der Waals surface area (Å²) in [6.07, 6.45) is 1.53. The highest BCUT2D eigenvalue weighted by atomic mass is 32.2. The van der Waals surface area contributed by atoms with Gasteiger partial charge in [0, 0.05) is 18.4 Å². The van der Waals surface area contributed by atoms with Gasteiger partial charge in [-0.3, -0.25) is 4.79 Å². The molecule has 1 N–H and O–H groups in total. The van der Waals surface area contributed by atoms with Crippen molar-refractivity contribution in [1.82, 2.24) is 4.90 Å². The first-order valence-corrected chi connectivity index (χ1v) is 8.65. The molecular weight excluding hydrogens is 294 g/mol. The molecule has 2 rings (SSSR count). The van der Waals surface area contributed by atoms with Crippen LogP contribution < -0.4 is 0 Å². The number of nitrogens with zero attached hydrogens (tertiary/aromatic N) is 1. The van der Waals surface area contributed by atoms with Crippen molar-refractivity contribution in [3.05, 3.63) is 35.4 Å². The molecule has 1 amide bonds. The number of amides is 1. The summed E-state index contributed by atoms with van der Waals surface area (Å²) in [4.78, 5) is 25.0. The van der Waals surface area contributed by atoms with Gasteiger partial charge in [0.1, 0.15) is 15.9 Å². The molecule has 7 heteroatoms. The van der Waals surface area contributed by atoms with Gasteiger partial charge in [-0.25, -0.2) is 13.2 Å². The molecule has 1 aliphatic rings. The zero-order chi connectivity index (χ0) is 15.6. The lowest BCUT2D eigenvalue weighted by Gasteiger charge is -2.33. The summed E-state index contributed by atoms with van der Waals surface area (Å²) < 4.78 is 22.4. The number of carbonyl (C=O) groups is 2. The summed E-state index contributed by atoms with van der Waals surface area (Å²) in [7, 11) is -3.27. The van der Waals surface area contributed by atoms with E-state index in [0.717, 1.165) is 11.8 Å². The maximum absolute atomic E-state index is 12.4. The second kappa shape index (κ2) is 5.85. The monoisotopic (exact) mass is 311 g/mol. The molecule has 0 radical (unpaired) electrons. The van der Waals surface area contributed by atoms with Gasteiger partial charge < -0.3 is 10.0 Å².